The van der Waals surface area contributed by atoms with Crippen LogP contribution in [0.5, 0.6) is 0 Å². The van der Waals surface area contributed by atoms with Gasteiger partial charge in [0.1, 0.15) is 0 Å². The Morgan fingerprint density at radius 1 is 1.36 bits per heavy atom. The summed E-state index contributed by atoms with van der Waals surface area (Å²) < 4.78 is 6.02. The van der Waals surface area contributed by atoms with Gasteiger partial charge in [0.15, 0.2) is 6.61 Å². The molecule has 0 fully saturated rings. The minimum atomic E-state index is -0.317. The minimum Gasteiger partial charge on any atom is -0.456 e. The maximum Gasteiger partial charge on any atom is 0.306 e. The van der Waals surface area contributed by atoms with E-state index in [4.69, 9.17) is 4.74 Å². The first-order valence-electron chi connectivity index (χ1n) is 7.41. The summed E-state index contributed by atoms with van der Waals surface area (Å²) in [7, 11) is 0. The number of benzene rings is 1. The highest BCUT2D eigenvalue weighted by Crippen LogP contribution is 2.20. The molecule has 0 aromatic heterocycles. The monoisotopic (exact) mass is 365 g/mol. The van der Waals surface area contributed by atoms with Gasteiger partial charge in [-0.1, -0.05) is 40.2 Å². The molecule has 0 heterocycles. The number of ether oxygens (including phenoxy) is 1. The Morgan fingerprint density at radius 2 is 2.09 bits per heavy atom. The zero-order valence-corrected chi connectivity index (χ0v) is 14.1. The number of esters is 1. The van der Waals surface area contributed by atoms with Crippen molar-refractivity contribution in [1.29, 1.82) is 0 Å². The van der Waals surface area contributed by atoms with E-state index < -0.39 is 0 Å². The van der Waals surface area contributed by atoms with Gasteiger partial charge in [0.2, 0.25) is 0 Å². The van der Waals surface area contributed by atoms with Gasteiger partial charge in [0.05, 0.1) is 12.5 Å². The molecule has 1 aliphatic carbocycles. The van der Waals surface area contributed by atoms with E-state index in [2.05, 4.69) is 27.3 Å². The molecule has 0 radical (unpaired) electrons. The molecule has 1 aromatic rings. The van der Waals surface area contributed by atoms with Crippen LogP contribution in [0, 0.1) is 5.92 Å². The third-order valence-corrected chi connectivity index (χ3v) is 4.18. The molecule has 0 aliphatic heterocycles. The number of hydrogen-bond acceptors (Lipinski definition) is 3. The number of rotatable bonds is 6. The Balaban J connectivity index is 1.71. The number of nitrogens with one attached hydrogen (secondary N) is 1. The van der Waals surface area contributed by atoms with E-state index in [-0.39, 0.29) is 30.4 Å². The summed E-state index contributed by atoms with van der Waals surface area (Å²) >= 11 is 3.37. The Kier molecular flexibility index (Phi) is 6.19. The molecule has 22 heavy (non-hydrogen) atoms. The van der Waals surface area contributed by atoms with Crippen LogP contribution in [0.1, 0.15) is 37.8 Å². The lowest BCUT2D eigenvalue weighted by atomic mass is 10.1. The second-order valence-electron chi connectivity index (χ2n) is 5.47. The number of carbonyl (C=O) groups is 2. The normalized spacial score (nSPS) is 18.0. The Morgan fingerprint density at radius 3 is 2.73 bits per heavy atom. The second kappa shape index (κ2) is 8.13. The van der Waals surface area contributed by atoms with Gasteiger partial charge >= 0.3 is 5.97 Å². The van der Waals surface area contributed by atoms with E-state index in [1.54, 1.807) is 0 Å². The lowest BCUT2D eigenvalue weighted by molar-refractivity contribution is -0.149. The predicted octanol–water partition coefficient (Wildman–Crippen LogP) is 3.53. The Labute approximate surface area is 139 Å². The highest BCUT2D eigenvalue weighted by molar-refractivity contribution is 9.10. The van der Waals surface area contributed by atoms with E-state index in [1.165, 1.54) is 0 Å². The maximum atomic E-state index is 11.8. The first-order chi connectivity index (χ1) is 10.5. The highest BCUT2D eigenvalue weighted by Gasteiger charge is 2.16. The molecule has 0 saturated carbocycles. The van der Waals surface area contributed by atoms with Crippen LogP contribution in [0.15, 0.2) is 40.9 Å². The van der Waals surface area contributed by atoms with Crippen molar-refractivity contribution in [2.75, 3.05) is 6.61 Å². The molecule has 0 spiro atoms. The zero-order chi connectivity index (χ0) is 15.9. The van der Waals surface area contributed by atoms with Crippen LogP contribution in [0.3, 0.4) is 0 Å². The molecule has 2 atom stereocenters. The first-order valence-corrected chi connectivity index (χ1v) is 8.21. The lowest BCUT2D eigenvalue weighted by Gasteiger charge is -2.15. The largest absolute Gasteiger partial charge is 0.456 e. The van der Waals surface area contributed by atoms with Crippen LogP contribution >= 0.6 is 15.9 Å². The fourth-order valence-electron chi connectivity index (χ4n) is 2.40. The van der Waals surface area contributed by atoms with Crippen LogP contribution in [0.2, 0.25) is 0 Å². The van der Waals surface area contributed by atoms with Gasteiger partial charge in [-0.2, -0.15) is 0 Å². The van der Waals surface area contributed by atoms with E-state index in [9.17, 15) is 9.59 Å². The average molecular weight is 366 g/mol. The highest BCUT2D eigenvalue weighted by atomic mass is 79.9. The molecule has 1 aliphatic rings. The van der Waals surface area contributed by atoms with Crippen LogP contribution in [0.4, 0.5) is 0 Å². The molecule has 1 aromatic carbocycles. The Bertz CT molecular complexity index is 554. The summed E-state index contributed by atoms with van der Waals surface area (Å²) in [4.78, 5) is 23.5. The lowest BCUT2D eigenvalue weighted by Crippen LogP contribution is -2.31. The SMILES string of the molecule is C[C@H](NC(=O)COC(=O)C[C@H]1C=CCC1)c1ccc(Br)cc1. The van der Waals surface area contributed by atoms with Gasteiger partial charge in [-0.25, -0.2) is 0 Å². The number of allylic oxidation sites excluding steroid dienone is 2. The summed E-state index contributed by atoms with van der Waals surface area (Å²) in [5, 5.41) is 2.82. The molecular formula is C17H20BrNO3. The number of hydrogen-bond donors (Lipinski definition) is 1. The van der Waals surface area contributed by atoms with Crippen molar-refractivity contribution >= 4 is 27.8 Å². The van der Waals surface area contributed by atoms with Gasteiger partial charge in [0, 0.05) is 4.47 Å². The van der Waals surface area contributed by atoms with Crippen LogP contribution < -0.4 is 5.32 Å². The van der Waals surface area contributed by atoms with E-state index in [1.807, 2.05) is 37.3 Å². The first kappa shape index (κ1) is 16.7. The van der Waals surface area contributed by atoms with Gasteiger partial charge in [-0.3, -0.25) is 9.59 Å². The van der Waals surface area contributed by atoms with Crippen LogP contribution in [0.25, 0.3) is 0 Å². The average Bonchev–Trinajstić information content (AvgIpc) is 2.98. The van der Waals surface area contributed by atoms with Gasteiger partial charge in [-0.15, -0.1) is 0 Å². The molecule has 1 amide bonds. The smallest absolute Gasteiger partial charge is 0.306 e. The minimum absolute atomic E-state index is 0.128. The fourth-order valence-corrected chi connectivity index (χ4v) is 2.67. The summed E-state index contributed by atoms with van der Waals surface area (Å²) in [6, 6.07) is 7.60. The summed E-state index contributed by atoms with van der Waals surface area (Å²) in [5.74, 6) is -0.342. The van der Waals surface area contributed by atoms with Crippen molar-refractivity contribution in [3.8, 4) is 0 Å². The molecular weight excluding hydrogens is 346 g/mol. The van der Waals surface area contributed by atoms with Gasteiger partial charge in [-0.05, 0) is 43.4 Å². The third kappa shape index (κ3) is 5.30. The van der Waals surface area contributed by atoms with Crippen molar-refractivity contribution in [2.45, 2.75) is 32.2 Å². The summed E-state index contributed by atoms with van der Waals surface area (Å²) in [5.41, 5.74) is 0.999. The van der Waals surface area contributed by atoms with Crippen molar-refractivity contribution in [3.63, 3.8) is 0 Å². The van der Waals surface area contributed by atoms with E-state index in [0.717, 1.165) is 22.9 Å². The second-order valence-corrected chi connectivity index (χ2v) is 6.39. The zero-order valence-electron chi connectivity index (χ0n) is 12.5. The molecule has 0 saturated heterocycles. The van der Waals surface area contributed by atoms with Gasteiger partial charge < -0.3 is 10.1 Å². The van der Waals surface area contributed by atoms with Crippen molar-refractivity contribution in [3.05, 3.63) is 46.5 Å². The summed E-state index contributed by atoms with van der Waals surface area (Å²) in [6.45, 7) is 1.67. The molecule has 5 heteroatoms. The quantitative estimate of drug-likeness (QED) is 0.619. The molecule has 1 N–H and O–H groups in total. The fraction of sp³-hybridized carbons (Fsp3) is 0.412. The number of halogens is 1. The number of amides is 1. The predicted molar refractivity (Wildman–Crippen MR) is 88.1 cm³/mol. The van der Waals surface area contributed by atoms with Gasteiger partial charge in [0.25, 0.3) is 5.91 Å². The maximum absolute atomic E-state index is 11.8. The number of carbonyl (C=O) groups excluding carboxylic acids is 2. The van der Waals surface area contributed by atoms with Crippen molar-refractivity contribution < 1.29 is 14.3 Å². The standard InChI is InChI=1S/C17H20BrNO3/c1-12(14-6-8-15(18)9-7-14)19-16(20)11-22-17(21)10-13-4-2-3-5-13/h2,4,6-9,12-13H,3,5,10-11H2,1H3,(H,19,20)/t12-,13-/m0/s1. The Hall–Kier alpha value is -1.62. The molecule has 118 valence electrons. The van der Waals surface area contributed by atoms with Crippen LogP contribution in [-0.4, -0.2) is 18.5 Å². The van der Waals surface area contributed by atoms with Crippen molar-refractivity contribution in [2.24, 2.45) is 5.92 Å². The van der Waals surface area contributed by atoms with E-state index >= 15 is 0 Å². The molecule has 0 unspecified atom stereocenters. The molecule has 0 bridgehead atoms. The molecule has 2 rings (SSSR count). The molecule has 4 nitrogen and oxygen atoms in total. The van der Waals surface area contributed by atoms with Crippen molar-refractivity contribution in [1.82, 2.24) is 5.32 Å². The topological polar surface area (TPSA) is 55.4 Å². The van der Waals surface area contributed by atoms with Crippen LogP contribution in [-0.2, 0) is 14.3 Å². The third-order valence-electron chi connectivity index (χ3n) is 3.65. The van der Waals surface area contributed by atoms with E-state index in [0.29, 0.717) is 6.42 Å². The summed E-state index contributed by atoms with van der Waals surface area (Å²) in [6.07, 6.45) is 6.47.